The number of benzene rings is 2. The minimum Gasteiger partial charge on any atom is -0.494 e. The SMILES string of the molecule is CCOc1ccc2c(c1)sc(=NC(=O)c1cccc(SC)c1)n2CCSC. The molecule has 0 fully saturated rings. The molecule has 27 heavy (non-hydrogen) atoms. The molecule has 0 aliphatic heterocycles. The quantitative estimate of drug-likeness (QED) is 0.511. The maximum Gasteiger partial charge on any atom is 0.279 e. The maximum absolute atomic E-state index is 12.7. The van der Waals surface area contributed by atoms with Crippen LogP contribution in [0.1, 0.15) is 17.3 Å². The molecular formula is C20H22N2O2S3. The number of hydrogen-bond acceptors (Lipinski definition) is 5. The molecule has 1 heterocycles. The van der Waals surface area contributed by atoms with Gasteiger partial charge in [-0.1, -0.05) is 17.4 Å². The summed E-state index contributed by atoms with van der Waals surface area (Å²) < 4.78 is 8.82. The Labute approximate surface area is 171 Å². The molecule has 3 rings (SSSR count). The number of rotatable bonds is 7. The van der Waals surface area contributed by atoms with Crippen LogP contribution in [0.4, 0.5) is 0 Å². The fourth-order valence-electron chi connectivity index (χ4n) is 2.70. The van der Waals surface area contributed by atoms with Crippen molar-refractivity contribution in [2.45, 2.75) is 18.4 Å². The Morgan fingerprint density at radius 3 is 2.81 bits per heavy atom. The highest BCUT2D eigenvalue weighted by Crippen LogP contribution is 2.24. The van der Waals surface area contributed by atoms with E-state index in [-0.39, 0.29) is 5.91 Å². The third kappa shape index (κ3) is 4.78. The van der Waals surface area contributed by atoms with Crippen molar-refractivity contribution in [2.24, 2.45) is 4.99 Å². The van der Waals surface area contributed by atoms with E-state index in [4.69, 9.17) is 4.74 Å². The summed E-state index contributed by atoms with van der Waals surface area (Å²) in [6.45, 7) is 3.41. The molecule has 1 amide bonds. The molecule has 7 heteroatoms. The molecule has 0 N–H and O–H groups in total. The lowest BCUT2D eigenvalue weighted by atomic mass is 10.2. The molecule has 0 atom stereocenters. The number of aromatic nitrogens is 1. The predicted molar refractivity (Wildman–Crippen MR) is 117 cm³/mol. The Morgan fingerprint density at radius 1 is 1.22 bits per heavy atom. The summed E-state index contributed by atoms with van der Waals surface area (Å²) in [4.78, 5) is 19.0. The second kappa shape index (κ2) is 9.48. The first-order valence-corrected chi connectivity index (χ1v) is 12.1. The molecule has 0 unspecified atom stereocenters. The zero-order valence-electron chi connectivity index (χ0n) is 15.6. The number of ether oxygens (including phenoxy) is 1. The van der Waals surface area contributed by atoms with Crippen LogP contribution in [-0.4, -0.2) is 35.3 Å². The number of carbonyl (C=O) groups is 1. The lowest BCUT2D eigenvalue weighted by molar-refractivity contribution is 0.0997. The lowest BCUT2D eigenvalue weighted by Crippen LogP contribution is -2.18. The van der Waals surface area contributed by atoms with Crippen LogP contribution in [0, 0.1) is 0 Å². The number of hydrogen-bond donors (Lipinski definition) is 0. The van der Waals surface area contributed by atoms with Crippen molar-refractivity contribution in [3.8, 4) is 5.75 Å². The lowest BCUT2D eigenvalue weighted by Gasteiger charge is -2.05. The van der Waals surface area contributed by atoms with Crippen LogP contribution < -0.4 is 9.54 Å². The molecule has 0 aliphatic carbocycles. The second-order valence-electron chi connectivity index (χ2n) is 5.74. The van der Waals surface area contributed by atoms with E-state index in [0.717, 1.165) is 38.0 Å². The fourth-order valence-corrected chi connectivity index (χ4v) is 4.61. The molecule has 0 bridgehead atoms. The number of thiazole rings is 1. The van der Waals surface area contributed by atoms with Crippen molar-refractivity contribution in [1.29, 1.82) is 0 Å². The summed E-state index contributed by atoms with van der Waals surface area (Å²) in [5.74, 6) is 1.59. The smallest absolute Gasteiger partial charge is 0.279 e. The van der Waals surface area contributed by atoms with Gasteiger partial charge in [-0.25, -0.2) is 0 Å². The van der Waals surface area contributed by atoms with Gasteiger partial charge in [-0.05, 0) is 55.8 Å². The van der Waals surface area contributed by atoms with Gasteiger partial charge in [0, 0.05) is 22.8 Å². The second-order valence-corrected chi connectivity index (χ2v) is 8.61. The molecule has 142 valence electrons. The van der Waals surface area contributed by atoms with Gasteiger partial charge >= 0.3 is 0 Å². The Bertz CT molecular complexity index is 1010. The minimum atomic E-state index is -0.208. The minimum absolute atomic E-state index is 0.208. The van der Waals surface area contributed by atoms with Crippen molar-refractivity contribution in [3.63, 3.8) is 0 Å². The average molecular weight is 419 g/mol. The van der Waals surface area contributed by atoms with Crippen LogP contribution in [0.5, 0.6) is 5.75 Å². The molecule has 3 aromatic rings. The largest absolute Gasteiger partial charge is 0.494 e. The van der Waals surface area contributed by atoms with Crippen LogP contribution in [0.25, 0.3) is 10.2 Å². The van der Waals surface area contributed by atoms with Crippen molar-refractivity contribution in [2.75, 3.05) is 24.9 Å². The summed E-state index contributed by atoms with van der Waals surface area (Å²) in [5.41, 5.74) is 1.70. The molecule has 1 aromatic heterocycles. The highest BCUT2D eigenvalue weighted by molar-refractivity contribution is 7.98. The summed E-state index contributed by atoms with van der Waals surface area (Å²) in [5, 5.41) is 0. The van der Waals surface area contributed by atoms with Gasteiger partial charge < -0.3 is 9.30 Å². The zero-order chi connectivity index (χ0) is 19.2. The van der Waals surface area contributed by atoms with E-state index in [9.17, 15) is 4.79 Å². The van der Waals surface area contributed by atoms with E-state index in [2.05, 4.69) is 21.9 Å². The van der Waals surface area contributed by atoms with Gasteiger partial charge in [-0.15, -0.1) is 11.8 Å². The molecular weight excluding hydrogens is 396 g/mol. The molecule has 0 saturated heterocycles. The Kier molecular flexibility index (Phi) is 7.04. The molecule has 0 aliphatic rings. The topological polar surface area (TPSA) is 43.6 Å². The number of fused-ring (bicyclic) bond motifs is 1. The molecule has 4 nitrogen and oxygen atoms in total. The van der Waals surface area contributed by atoms with Gasteiger partial charge in [0.15, 0.2) is 4.80 Å². The number of carbonyl (C=O) groups excluding carboxylic acids is 1. The first-order chi connectivity index (χ1) is 13.2. The third-order valence-corrected chi connectivity index (χ3v) is 6.36. The van der Waals surface area contributed by atoms with Crippen LogP contribution in [0.15, 0.2) is 52.4 Å². The van der Waals surface area contributed by atoms with Crippen molar-refractivity contribution >= 4 is 51.0 Å². The number of nitrogens with zero attached hydrogens (tertiary/aromatic N) is 2. The third-order valence-electron chi connectivity index (χ3n) is 4.00. The van der Waals surface area contributed by atoms with Gasteiger partial charge in [0.05, 0.1) is 16.8 Å². The van der Waals surface area contributed by atoms with Gasteiger partial charge in [-0.3, -0.25) is 4.79 Å². The molecule has 0 spiro atoms. The summed E-state index contributed by atoms with van der Waals surface area (Å²) >= 11 is 4.92. The first-order valence-electron chi connectivity index (χ1n) is 8.64. The van der Waals surface area contributed by atoms with Crippen LogP contribution >= 0.6 is 34.9 Å². The Hall–Kier alpha value is -1.70. The highest BCUT2D eigenvalue weighted by Gasteiger charge is 2.10. The van der Waals surface area contributed by atoms with Crippen molar-refractivity contribution in [1.82, 2.24) is 4.57 Å². The summed E-state index contributed by atoms with van der Waals surface area (Å²) in [6.07, 6.45) is 4.08. The standard InChI is InChI=1S/C20H22N2O2S3/c1-4-24-15-8-9-17-18(13-15)27-20(22(17)10-11-25-2)21-19(23)14-6-5-7-16(12-14)26-3/h5-9,12-13H,4,10-11H2,1-3H3. The molecule has 0 saturated carbocycles. The van der Waals surface area contributed by atoms with Crippen LogP contribution in [0.2, 0.25) is 0 Å². The van der Waals surface area contributed by atoms with E-state index in [0.29, 0.717) is 12.2 Å². The molecule has 2 aromatic carbocycles. The first kappa shape index (κ1) is 20.0. The van der Waals surface area contributed by atoms with Gasteiger partial charge in [0.1, 0.15) is 5.75 Å². The normalized spacial score (nSPS) is 11.9. The monoisotopic (exact) mass is 418 g/mol. The van der Waals surface area contributed by atoms with E-state index in [1.54, 1.807) is 23.5 Å². The highest BCUT2D eigenvalue weighted by atomic mass is 32.2. The van der Waals surface area contributed by atoms with Crippen molar-refractivity contribution in [3.05, 3.63) is 52.8 Å². The van der Waals surface area contributed by atoms with Gasteiger partial charge in [0.2, 0.25) is 0 Å². The predicted octanol–water partition coefficient (Wildman–Crippen LogP) is 4.93. The number of thioether (sulfide) groups is 2. The van der Waals surface area contributed by atoms with Crippen LogP contribution in [-0.2, 0) is 6.54 Å². The Morgan fingerprint density at radius 2 is 2.07 bits per heavy atom. The summed E-state index contributed by atoms with van der Waals surface area (Å²) in [7, 11) is 0. The van der Waals surface area contributed by atoms with E-state index < -0.39 is 0 Å². The Balaban J connectivity index is 2.07. The summed E-state index contributed by atoms with van der Waals surface area (Å²) in [6, 6.07) is 13.7. The van der Waals surface area contributed by atoms with Crippen LogP contribution in [0.3, 0.4) is 0 Å². The maximum atomic E-state index is 12.7. The number of amides is 1. The van der Waals surface area contributed by atoms with Gasteiger partial charge in [0.25, 0.3) is 5.91 Å². The van der Waals surface area contributed by atoms with E-state index >= 15 is 0 Å². The van der Waals surface area contributed by atoms with Gasteiger partial charge in [-0.2, -0.15) is 16.8 Å². The molecule has 0 radical (unpaired) electrons. The average Bonchev–Trinajstić information content (AvgIpc) is 3.02. The van der Waals surface area contributed by atoms with E-state index in [1.807, 2.05) is 49.6 Å². The van der Waals surface area contributed by atoms with E-state index in [1.165, 1.54) is 11.3 Å². The van der Waals surface area contributed by atoms with Crippen molar-refractivity contribution < 1.29 is 9.53 Å². The number of aryl methyl sites for hydroxylation is 1. The zero-order valence-corrected chi connectivity index (χ0v) is 18.0. The fraction of sp³-hybridized carbons (Fsp3) is 0.300.